The third-order valence-corrected chi connectivity index (χ3v) is 2.76. The number of aryl methyl sites for hydroxylation is 2. The van der Waals surface area contributed by atoms with Crippen LogP contribution in [-0.4, -0.2) is 16.1 Å². The highest BCUT2D eigenvalue weighted by atomic mass is 16.5. The van der Waals surface area contributed by atoms with E-state index >= 15 is 0 Å². The van der Waals surface area contributed by atoms with Crippen molar-refractivity contribution >= 4 is 16.8 Å². The zero-order chi connectivity index (χ0) is 12.4. The smallest absolute Gasteiger partial charge is 0.275 e. The standard InChI is InChI=1S/C13H14N2O2/c1-3-9-4-5-12-10(7-9)11(13(16)15-17)6-8(2)14-12/h4-7,17H,3H2,1-2H3,(H,15,16). The minimum absolute atomic E-state index is 0.449. The summed E-state index contributed by atoms with van der Waals surface area (Å²) in [6.07, 6.45) is 0.893. The van der Waals surface area contributed by atoms with Gasteiger partial charge in [-0.25, -0.2) is 5.48 Å². The Balaban J connectivity index is 2.74. The van der Waals surface area contributed by atoms with Crippen molar-refractivity contribution in [2.75, 3.05) is 0 Å². The molecule has 2 N–H and O–H groups in total. The SMILES string of the molecule is CCc1ccc2nc(C)cc(C(=O)NO)c2c1. The molecule has 17 heavy (non-hydrogen) atoms. The monoisotopic (exact) mass is 230 g/mol. The molecule has 0 aliphatic heterocycles. The fourth-order valence-corrected chi connectivity index (χ4v) is 1.87. The van der Waals surface area contributed by atoms with Gasteiger partial charge in [0.25, 0.3) is 5.91 Å². The van der Waals surface area contributed by atoms with Gasteiger partial charge in [-0.2, -0.15) is 0 Å². The summed E-state index contributed by atoms with van der Waals surface area (Å²) in [4.78, 5) is 16.0. The molecule has 0 saturated heterocycles. The van der Waals surface area contributed by atoms with Gasteiger partial charge >= 0.3 is 0 Å². The summed E-state index contributed by atoms with van der Waals surface area (Å²) >= 11 is 0. The van der Waals surface area contributed by atoms with Crippen LogP contribution >= 0.6 is 0 Å². The van der Waals surface area contributed by atoms with Crippen LogP contribution in [-0.2, 0) is 6.42 Å². The number of fused-ring (bicyclic) bond motifs is 1. The zero-order valence-electron chi connectivity index (χ0n) is 9.82. The molecule has 4 nitrogen and oxygen atoms in total. The average Bonchev–Trinajstić information content (AvgIpc) is 2.36. The predicted molar refractivity (Wildman–Crippen MR) is 65.1 cm³/mol. The van der Waals surface area contributed by atoms with Gasteiger partial charge in [0.2, 0.25) is 0 Å². The molecule has 2 rings (SSSR count). The van der Waals surface area contributed by atoms with E-state index in [-0.39, 0.29) is 0 Å². The van der Waals surface area contributed by atoms with Crippen molar-refractivity contribution in [1.82, 2.24) is 10.5 Å². The highest BCUT2D eigenvalue weighted by Gasteiger charge is 2.11. The van der Waals surface area contributed by atoms with Crippen molar-refractivity contribution < 1.29 is 10.0 Å². The Morgan fingerprint density at radius 2 is 2.18 bits per heavy atom. The van der Waals surface area contributed by atoms with Crippen LogP contribution in [0.5, 0.6) is 0 Å². The average molecular weight is 230 g/mol. The number of hydrogen-bond acceptors (Lipinski definition) is 3. The molecule has 1 aromatic heterocycles. The highest BCUT2D eigenvalue weighted by molar-refractivity contribution is 6.05. The van der Waals surface area contributed by atoms with Gasteiger partial charge in [-0.05, 0) is 37.1 Å². The second-order valence-corrected chi connectivity index (χ2v) is 3.96. The molecule has 2 aromatic rings. The van der Waals surface area contributed by atoms with E-state index in [9.17, 15) is 4.79 Å². The zero-order valence-corrected chi connectivity index (χ0v) is 9.82. The van der Waals surface area contributed by atoms with Gasteiger partial charge in [0, 0.05) is 11.1 Å². The largest absolute Gasteiger partial charge is 0.288 e. The Labute approximate surface area is 99.3 Å². The number of carbonyl (C=O) groups excluding carboxylic acids is 1. The Morgan fingerprint density at radius 1 is 1.41 bits per heavy atom. The van der Waals surface area contributed by atoms with E-state index in [2.05, 4.69) is 11.9 Å². The fourth-order valence-electron chi connectivity index (χ4n) is 1.87. The van der Waals surface area contributed by atoms with E-state index in [0.29, 0.717) is 5.56 Å². The van der Waals surface area contributed by atoms with Crippen molar-refractivity contribution in [3.05, 3.63) is 41.1 Å². The van der Waals surface area contributed by atoms with Crippen LogP contribution in [0.4, 0.5) is 0 Å². The molecule has 1 aromatic carbocycles. The van der Waals surface area contributed by atoms with Crippen LogP contribution in [0.2, 0.25) is 0 Å². The number of hydrogen-bond donors (Lipinski definition) is 2. The molecule has 0 atom stereocenters. The first-order valence-electron chi connectivity index (χ1n) is 5.50. The van der Waals surface area contributed by atoms with E-state index in [1.807, 2.05) is 25.1 Å². The molecule has 0 fully saturated rings. The summed E-state index contributed by atoms with van der Waals surface area (Å²) in [6.45, 7) is 3.87. The molecular formula is C13H14N2O2. The normalized spacial score (nSPS) is 10.5. The number of amides is 1. The van der Waals surface area contributed by atoms with E-state index < -0.39 is 5.91 Å². The number of aromatic nitrogens is 1. The first-order chi connectivity index (χ1) is 8.15. The quantitative estimate of drug-likeness (QED) is 0.614. The van der Waals surface area contributed by atoms with Crippen LogP contribution in [0.15, 0.2) is 24.3 Å². The summed E-state index contributed by atoms with van der Waals surface area (Å²) in [7, 11) is 0. The summed E-state index contributed by atoms with van der Waals surface area (Å²) in [6, 6.07) is 7.50. The molecule has 0 aliphatic carbocycles. The number of carbonyl (C=O) groups is 1. The minimum atomic E-state index is -0.506. The lowest BCUT2D eigenvalue weighted by molar-refractivity contribution is 0.0708. The number of benzene rings is 1. The Bertz CT molecular complexity index is 579. The van der Waals surface area contributed by atoms with Gasteiger partial charge in [-0.1, -0.05) is 13.0 Å². The molecule has 1 amide bonds. The molecule has 0 radical (unpaired) electrons. The van der Waals surface area contributed by atoms with Gasteiger partial charge in [-0.3, -0.25) is 15.0 Å². The number of rotatable bonds is 2. The molecule has 0 unspecified atom stereocenters. The van der Waals surface area contributed by atoms with Gasteiger partial charge in [-0.15, -0.1) is 0 Å². The lowest BCUT2D eigenvalue weighted by Gasteiger charge is -2.07. The Morgan fingerprint density at radius 3 is 2.82 bits per heavy atom. The number of nitrogens with one attached hydrogen (secondary N) is 1. The second kappa shape index (κ2) is 4.51. The van der Waals surface area contributed by atoms with Gasteiger partial charge in [0.15, 0.2) is 0 Å². The number of pyridine rings is 1. The van der Waals surface area contributed by atoms with E-state index in [0.717, 1.165) is 28.6 Å². The third-order valence-electron chi connectivity index (χ3n) is 2.76. The molecule has 0 saturated carbocycles. The van der Waals surface area contributed by atoms with E-state index in [1.165, 1.54) is 0 Å². The second-order valence-electron chi connectivity index (χ2n) is 3.96. The van der Waals surface area contributed by atoms with Crippen LogP contribution in [0, 0.1) is 6.92 Å². The van der Waals surface area contributed by atoms with Crippen LogP contribution in [0.3, 0.4) is 0 Å². The summed E-state index contributed by atoms with van der Waals surface area (Å²) in [5.41, 5.74) is 4.77. The highest BCUT2D eigenvalue weighted by Crippen LogP contribution is 2.20. The lowest BCUT2D eigenvalue weighted by Crippen LogP contribution is -2.19. The molecular weight excluding hydrogens is 216 g/mol. The first kappa shape index (κ1) is 11.5. The van der Waals surface area contributed by atoms with Crippen molar-refractivity contribution in [3.63, 3.8) is 0 Å². The summed E-state index contributed by atoms with van der Waals surface area (Å²) in [5, 5.41) is 9.51. The summed E-state index contributed by atoms with van der Waals surface area (Å²) < 4.78 is 0. The van der Waals surface area contributed by atoms with Gasteiger partial charge < -0.3 is 0 Å². The van der Waals surface area contributed by atoms with E-state index in [4.69, 9.17) is 5.21 Å². The Kier molecular flexibility index (Phi) is 3.06. The molecule has 4 heteroatoms. The fraction of sp³-hybridized carbons (Fsp3) is 0.231. The topological polar surface area (TPSA) is 62.2 Å². The lowest BCUT2D eigenvalue weighted by atomic mass is 10.0. The van der Waals surface area contributed by atoms with Crippen molar-refractivity contribution in [2.45, 2.75) is 20.3 Å². The summed E-state index contributed by atoms with van der Waals surface area (Å²) in [5.74, 6) is -0.506. The van der Waals surface area contributed by atoms with Gasteiger partial charge in [0.1, 0.15) is 0 Å². The molecule has 0 aliphatic rings. The maximum atomic E-state index is 11.6. The van der Waals surface area contributed by atoms with Crippen LogP contribution < -0.4 is 5.48 Å². The Hall–Kier alpha value is -1.94. The number of hydroxylamine groups is 1. The molecule has 88 valence electrons. The van der Waals surface area contributed by atoms with Crippen LogP contribution in [0.25, 0.3) is 10.9 Å². The maximum Gasteiger partial charge on any atom is 0.275 e. The van der Waals surface area contributed by atoms with Crippen LogP contribution in [0.1, 0.15) is 28.5 Å². The van der Waals surface area contributed by atoms with Gasteiger partial charge in [0.05, 0.1) is 11.1 Å². The van der Waals surface area contributed by atoms with Crippen molar-refractivity contribution in [3.8, 4) is 0 Å². The third kappa shape index (κ3) is 2.12. The van der Waals surface area contributed by atoms with Crippen molar-refractivity contribution in [2.24, 2.45) is 0 Å². The minimum Gasteiger partial charge on any atom is -0.288 e. The molecule has 0 spiro atoms. The van der Waals surface area contributed by atoms with Crippen molar-refractivity contribution in [1.29, 1.82) is 0 Å². The van der Waals surface area contributed by atoms with E-state index in [1.54, 1.807) is 11.5 Å². The maximum absolute atomic E-state index is 11.6. The molecule has 1 heterocycles. The molecule has 0 bridgehead atoms. The predicted octanol–water partition coefficient (Wildman–Crippen LogP) is 2.22. The first-order valence-corrected chi connectivity index (χ1v) is 5.50. The number of nitrogens with zero attached hydrogens (tertiary/aromatic N) is 1.